The largest absolute Gasteiger partial charge is 0.497 e. The van der Waals surface area contributed by atoms with Gasteiger partial charge in [0.1, 0.15) is 17.3 Å². The number of sulfonamides is 1. The first kappa shape index (κ1) is 27.7. The van der Waals surface area contributed by atoms with Gasteiger partial charge in [-0.2, -0.15) is 4.31 Å². The van der Waals surface area contributed by atoms with E-state index in [9.17, 15) is 22.4 Å². The molecule has 8 nitrogen and oxygen atoms in total. The number of piperidine rings is 1. The molecule has 1 heterocycles. The minimum absolute atomic E-state index is 0.0152. The third kappa shape index (κ3) is 6.42. The average Bonchev–Trinajstić information content (AvgIpc) is 2.91. The number of nitrogens with one attached hydrogen (secondary N) is 1. The van der Waals surface area contributed by atoms with Gasteiger partial charge in [-0.3, -0.25) is 9.59 Å². The Morgan fingerprint density at radius 1 is 0.923 bits per heavy atom. The highest BCUT2D eigenvalue weighted by molar-refractivity contribution is 7.89. The fraction of sp³-hybridized carbons (Fsp3) is 0.172. The zero-order valence-corrected chi connectivity index (χ0v) is 22.4. The molecule has 0 aliphatic carbocycles. The van der Waals surface area contributed by atoms with Crippen LogP contribution in [0.15, 0.2) is 82.8 Å². The quantitative estimate of drug-likeness (QED) is 0.434. The van der Waals surface area contributed by atoms with Crippen LogP contribution in [0.4, 0.5) is 10.1 Å². The standard InChI is InChI=1S/C29H27FN2O6S/c1-19(33)31-24-8-10-27(11-9-24)39(35,36)32-17-22(12-20-13-25(37-2)16-26(14-20)38-3)29(34)23(18-32)15-21-6-4-5-7-28(21)30/h4-16H,17-18H2,1-3H3,(H,31,33). The number of methoxy groups -OCH3 is 2. The number of Topliss-reactive ketones (excluding diaryl/α,β-unsaturated/α-hetero) is 1. The van der Waals surface area contributed by atoms with Crippen LogP contribution < -0.4 is 14.8 Å². The number of ketones is 1. The van der Waals surface area contributed by atoms with Crippen LogP contribution in [0.3, 0.4) is 0 Å². The van der Waals surface area contributed by atoms with Gasteiger partial charge in [-0.1, -0.05) is 18.2 Å². The second kappa shape index (κ2) is 11.6. The summed E-state index contributed by atoms with van der Waals surface area (Å²) in [5.41, 5.74) is 1.49. The molecule has 0 saturated carbocycles. The van der Waals surface area contributed by atoms with E-state index in [-0.39, 0.29) is 40.6 Å². The number of carbonyl (C=O) groups excluding carboxylic acids is 2. The van der Waals surface area contributed by atoms with Crippen LogP contribution >= 0.6 is 0 Å². The number of amides is 1. The minimum atomic E-state index is -4.07. The van der Waals surface area contributed by atoms with E-state index in [0.29, 0.717) is 22.7 Å². The van der Waals surface area contributed by atoms with Crippen LogP contribution in [-0.4, -0.2) is 51.7 Å². The molecule has 0 atom stereocenters. The number of carbonyl (C=O) groups is 2. The zero-order valence-electron chi connectivity index (χ0n) is 21.6. The topological polar surface area (TPSA) is 102 Å². The van der Waals surface area contributed by atoms with Gasteiger partial charge >= 0.3 is 0 Å². The zero-order chi connectivity index (χ0) is 28.2. The highest BCUT2D eigenvalue weighted by Crippen LogP contribution is 2.30. The fourth-order valence-corrected chi connectivity index (χ4v) is 5.53. The summed E-state index contributed by atoms with van der Waals surface area (Å²) in [6.07, 6.45) is 2.95. The van der Waals surface area contributed by atoms with Gasteiger partial charge in [-0.05, 0) is 60.2 Å². The summed E-state index contributed by atoms with van der Waals surface area (Å²) in [5, 5.41) is 2.60. The van der Waals surface area contributed by atoms with E-state index in [1.165, 1.54) is 69.7 Å². The molecule has 1 amide bonds. The van der Waals surface area contributed by atoms with Crippen molar-refractivity contribution in [2.24, 2.45) is 0 Å². The molecule has 39 heavy (non-hydrogen) atoms. The van der Waals surface area contributed by atoms with Crippen LogP contribution in [-0.2, 0) is 19.6 Å². The molecule has 1 aliphatic heterocycles. The van der Waals surface area contributed by atoms with E-state index in [4.69, 9.17) is 9.47 Å². The smallest absolute Gasteiger partial charge is 0.243 e. The van der Waals surface area contributed by atoms with Crippen LogP contribution in [0, 0.1) is 5.82 Å². The third-order valence-electron chi connectivity index (χ3n) is 6.04. The Morgan fingerprint density at radius 2 is 1.51 bits per heavy atom. The summed E-state index contributed by atoms with van der Waals surface area (Å²) < 4.78 is 53.5. The lowest BCUT2D eigenvalue weighted by molar-refractivity contribution is -0.114. The van der Waals surface area contributed by atoms with Crippen LogP contribution in [0.5, 0.6) is 11.5 Å². The molecule has 0 spiro atoms. The predicted molar refractivity (Wildman–Crippen MR) is 146 cm³/mol. The molecule has 3 aromatic rings. The molecule has 0 unspecified atom stereocenters. The van der Waals surface area contributed by atoms with Crippen molar-refractivity contribution in [3.63, 3.8) is 0 Å². The number of ether oxygens (including phenoxy) is 2. The van der Waals surface area contributed by atoms with Crippen molar-refractivity contribution in [1.29, 1.82) is 0 Å². The van der Waals surface area contributed by atoms with Crippen molar-refractivity contribution in [2.75, 3.05) is 32.6 Å². The first-order valence-corrected chi connectivity index (χ1v) is 13.4. The average molecular weight is 551 g/mol. The second-order valence-electron chi connectivity index (χ2n) is 8.81. The maximum Gasteiger partial charge on any atom is 0.243 e. The van der Waals surface area contributed by atoms with Gasteiger partial charge in [0, 0.05) is 48.5 Å². The van der Waals surface area contributed by atoms with Gasteiger partial charge < -0.3 is 14.8 Å². The molecular formula is C29H27FN2O6S. The number of benzene rings is 3. The molecule has 0 radical (unpaired) electrons. The Bertz CT molecular complexity index is 1560. The van der Waals surface area contributed by atoms with E-state index < -0.39 is 21.6 Å². The van der Waals surface area contributed by atoms with Crippen molar-refractivity contribution in [3.05, 3.63) is 94.8 Å². The summed E-state index contributed by atoms with van der Waals surface area (Å²) in [4.78, 5) is 24.8. The summed E-state index contributed by atoms with van der Waals surface area (Å²) in [6, 6.07) is 16.7. The molecule has 1 aliphatic rings. The Hall–Kier alpha value is -4.28. The molecule has 0 aromatic heterocycles. The molecule has 4 rings (SSSR count). The summed E-state index contributed by atoms with van der Waals surface area (Å²) in [5.74, 6) is -0.223. The molecule has 3 aromatic carbocycles. The van der Waals surface area contributed by atoms with E-state index >= 15 is 0 Å². The molecule has 1 fully saturated rings. The minimum Gasteiger partial charge on any atom is -0.497 e. The lowest BCUT2D eigenvalue weighted by Gasteiger charge is -2.29. The van der Waals surface area contributed by atoms with E-state index in [1.54, 1.807) is 30.3 Å². The van der Waals surface area contributed by atoms with Crippen molar-refractivity contribution < 1.29 is 31.9 Å². The van der Waals surface area contributed by atoms with Gasteiger partial charge in [0.2, 0.25) is 15.9 Å². The number of hydrogen-bond donors (Lipinski definition) is 1. The molecule has 10 heteroatoms. The van der Waals surface area contributed by atoms with Crippen molar-refractivity contribution in [1.82, 2.24) is 4.31 Å². The normalized spacial score (nSPS) is 16.4. The Labute approximate surface area is 226 Å². The lowest BCUT2D eigenvalue weighted by Crippen LogP contribution is -2.41. The van der Waals surface area contributed by atoms with Gasteiger partial charge in [-0.15, -0.1) is 0 Å². The molecule has 1 saturated heterocycles. The monoisotopic (exact) mass is 550 g/mol. The SMILES string of the molecule is COc1cc(C=C2CN(S(=O)(=O)c3ccc(NC(C)=O)cc3)CC(=Cc3ccccc3F)C2=O)cc(OC)c1. The Kier molecular flexibility index (Phi) is 8.27. The maximum absolute atomic E-state index is 14.4. The molecule has 202 valence electrons. The lowest BCUT2D eigenvalue weighted by atomic mass is 9.95. The maximum atomic E-state index is 14.4. The van der Waals surface area contributed by atoms with Crippen molar-refractivity contribution >= 4 is 39.6 Å². The van der Waals surface area contributed by atoms with Crippen molar-refractivity contribution in [3.8, 4) is 11.5 Å². The Morgan fingerprint density at radius 3 is 2.08 bits per heavy atom. The molecule has 1 N–H and O–H groups in total. The van der Waals surface area contributed by atoms with Crippen LogP contribution in [0.25, 0.3) is 12.2 Å². The van der Waals surface area contributed by atoms with Crippen LogP contribution in [0.2, 0.25) is 0 Å². The van der Waals surface area contributed by atoms with E-state index in [0.717, 1.165) is 4.31 Å². The highest BCUT2D eigenvalue weighted by Gasteiger charge is 2.34. The molecular weight excluding hydrogens is 523 g/mol. The summed E-state index contributed by atoms with van der Waals surface area (Å²) in [6.45, 7) is 0.898. The number of halogens is 1. The number of anilines is 1. The van der Waals surface area contributed by atoms with Crippen molar-refractivity contribution in [2.45, 2.75) is 11.8 Å². The van der Waals surface area contributed by atoms with Gasteiger partial charge in [0.25, 0.3) is 0 Å². The second-order valence-corrected chi connectivity index (χ2v) is 10.8. The van der Waals surface area contributed by atoms with E-state index in [2.05, 4.69) is 5.32 Å². The van der Waals surface area contributed by atoms with Gasteiger partial charge in [0.05, 0.1) is 19.1 Å². The van der Waals surface area contributed by atoms with Gasteiger partial charge in [0.15, 0.2) is 5.78 Å². The van der Waals surface area contributed by atoms with Crippen LogP contribution in [0.1, 0.15) is 18.1 Å². The number of nitrogens with zero attached hydrogens (tertiary/aromatic N) is 1. The first-order chi connectivity index (χ1) is 18.6. The highest BCUT2D eigenvalue weighted by atomic mass is 32.2. The first-order valence-electron chi connectivity index (χ1n) is 11.9. The third-order valence-corrected chi connectivity index (χ3v) is 7.84. The Balaban J connectivity index is 1.78. The van der Waals surface area contributed by atoms with E-state index in [1.807, 2.05) is 0 Å². The predicted octanol–water partition coefficient (Wildman–Crippen LogP) is 4.54. The fourth-order valence-electron chi connectivity index (χ4n) is 4.13. The number of rotatable bonds is 7. The summed E-state index contributed by atoms with van der Waals surface area (Å²) >= 11 is 0. The van der Waals surface area contributed by atoms with Gasteiger partial charge in [-0.25, -0.2) is 12.8 Å². The summed E-state index contributed by atoms with van der Waals surface area (Å²) in [7, 11) is -1.08. The molecule has 0 bridgehead atoms. The number of hydrogen-bond acceptors (Lipinski definition) is 6.